The van der Waals surface area contributed by atoms with Crippen LogP contribution in [-0.2, 0) is 11.2 Å². The highest BCUT2D eigenvalue weighted by Crippen LogP contribution is 2.29. The number of aryl methyl sites for hydroxylation is 1. The maximum Gasteiger partial charge on any atom is 0.239 e. The molecule has 2 saturated heterocycles. The van der Waals surface area contributed by atoms with E-state index in [2.05, 4.69) is 34.7 Å². The van der Waals surface area contributed by atoms with Gasteiger partial charge in [0.15, 0.2) is 5.13 Å². The van der Waals surface area contributed by atoms with Crippen LogP contribution in [0.4, 0.5) is 10.9 Å². The molecule has 4 heterocycles. The molecular weight excluding hydrogens is 382 g/mol. The van der Waals surface area contributed by atoms with Crippen molar-refractivity contribution in [3.8, 4) is 0 Å². The van der Waals surface area contributed by atoms with Crippen molar-refractivity contribution in [1.82, 2.24) is 20.2 Å². The minimum absolute atomic E-state index is 0.0295. The van der Waals surface area contributed by atoms with Gasteiger partial charge in [0.25, 0.3) is 0 Å². The van der Waals surface area contributed by atoms with Crippen LogP contribution in [-0.4, -0.2) is 46.5 Å². The first-order valence-electron chi connectivity index (χ1n) is 10.9. The van der Waals surface area contributed by atoms with Gasteiger partial charge < -0.3 is 15.5 Å². The number of rotatable bonds is 6. The smallest absolute Gasteiger partial charge is 0.239 e. The second kappa shape index (κ2) is 9.67. The van der Waals surface area contributed by atoms with Crippen molar-refractivity contribution >= 4 is 28.2 Å². The van der Waals surface area contributed by atoms with Crippen LogP contribution in [0.15, 0.2) is 24.4 Å². The van der Waals surface area contributed by atoms with Crippen molar-refractivity contribution in [2.45, 2.75) is 63.8 Å². The molecule has 29 heavy (non-hydrogen) atoms. The Kier molecular flexibility index (Phi) is 6.77. The third kappa shape index (κ3) is 5.14. The Morgan fingerprint density at radius 1 is 1.28 bits per heavy atom. The summed E-state index contributed by atoms with van der Waals surface area (Å²) in [6, 6.07) is 6.20. The van der Waals surface area contributed by atoms with Crippen LogP contribution in [0.3, 0.4) is 0 Å². The predicted octanol–water partition coefficient (Wildman–Crippen LogP) is 4.08. The number of nitrogens with zero attached hydrogens (tertiary/aromatic N) is 3. The van der Waals surface area contributed by atoms with Gasteiger partial charge in [0, 0.05) is 35.8 Å². The van der Waals surface area contributed by atoms with Crippen LogP contribution in [0, 0.1) is 0 Å². The molecule has 0 aliphatic carbocycles. The van der Waals surface area contributed by atoms with E-state index in [0.29, 0.717) is 5.92 Å². The quantitative estimate of drug-likeness (QED) is 0.747. The highest BCUT2D eigenvalue weighted by atomic mass is 32.1. The Balaban J connectivity index is 1.33. The maximum absolute atomic E-state index is 12.7. The van der Waals surface area contributed by atoms with Crippen molar-refractivity contribution in [1.29, 1.82) is 0 Å². The number of nitrogens with one attached hydrogen (secondary N) is 2. The van der Waals surface area contributed by atoms with E-state index in [-0.39, 0.29) is 11.9 Å². The Hall–Kier alpha value is -1.99. The Labute approximate surface area is 177 Å². The molecule has 0 saturated carbocycles. The van der Waals surface area contributed by atoms with Gasteiger partial charge in [0.05, 0.1) is 6.04 Å². The number of amides is 1. The Morgan fingerprint density at radius 3 is 2.90 bits per heavy atom. The molecule has 1 amide bonds. The molecular formula is C22H31N5OS. The molecule has 2 aromatic heterocycles. The number of hydrogen-bond acceptors (Lipinski definition) is 6. The number of piperidine rings is 2. The third-order valence-electron chi connectivity index (χ3n) is 5.89. The number of likely N-dealkylation sites (tertiary alicyclic amines) is 1. The number of carbonyl (C=O) groups is 1. The normalized spacial score (nSPS) is 20.6. The van der Waals surface area contributed by atoms with Crippen molar-refractivity contribution in [2.24, 2.45) is 0 Å². The van der Waals surface area contributed by atoms with Crippen molar-refractivity contribution in [3.05, 3.63) is 35.0 Å². The summed E-state index contributed by atoms with van der Waals surface area (Å²) in [5.41, 5.74) is 1.11. The fourth-order valence-electron chi connectivity index (χ4n) is 4.26. The summed E-state index contributed by atoms with van der Waals surface area (Å²) >= 11 is 1.70. The molecule has 4 rings (SSSR count). The zero-order chi connectivity index (χ0) is 20.1. The average molecular weight is 414 g/mol. The molecule has 0 spiro atoms. The zero-order valence-corrected chi connectivity index (χ0v) is 18.0. The molecule has 0 bridgehead atoms. The molecule has 2 N–H and O–H groups in total. The van der Waals surface area contributed by atoms with Gasteiger partial charge in [-0.3, -0.25) is 4.79 Å². The van der Waals surface area contributed by atoms with Crippen molar-refractivity contribution in [2.75, 3.05) is 25.0 Å². The number of carbonyl (C=O) groups excluding carboxylic acids is 1. The van der Waals surface area contributed by atoms with Gasteiger partial charge in [-0.05, 0) is 50.8 Å². The molecule has 2 fully saturated rings. The van der Waals surface area contributed by atoms with E-state index >= 15 is 0 Å². The number of aromatic nitrogens is 2. The zero-order valence-electron chi connectivity index (χ0n) is 17.2. The lowest BCUT2D eigenvalue weighted by Crippen LogP contribution is -2.50. The lowest BCUT2D eigenvalue weighted by Gasteiger charge is -2.35. The standard InChI is InChI=1S/C22H31N5OS/c1-2-6-17-15-24-22(29-17)26-20-9-5-8-18(25-20)16-10-13-27(14-11-16)21(28)19-7-3-4-12-23-19/h5,8-9,15-16,19,23H,2-4,6-7,10-14H2,1H3,(H,24,25,26)/t19-/m0/s1. The van der Waals surface area contributed by atoms with Crippen LogP contribution in [0.2, 0.25) is 0 Å². The highest BCUT2D eigenvalue weighted by molar-refractivity contribution is 7.15. The number of pyridine rings is 1. The molecule has 0 unspecified atom stereocenters. The third-order valence-corrected chi connectivity index (χ3v) is 6.86. The largest absolute Gasteiger partial charge is 0.341 e. The maximum atomic E-state index is 12.7. The number of thiazole rings is 1. The van der Waals surface area contributed by atoms with Gasteiger partial charge in [-0.2, -0.15) is 0 Å². The van der Waals surface area contributed by atoms with E-state index in [1.165, 1.54) is 11.3 Å². The van der Waals surface area contributed by atoms with Crippen LogP contribution in [0.5, 0.6) is 0 Å². The summed E-state index contributed by atoms with van der Waals surface area (Å²) in [6.07, 6.45) is 9.43. The molecule has 2 aromatic rings. The van der Waals surface area contributed by atoms with Gasteiger partial charge in [-0.25, -0.2) is 9.97 Å². The van der Waals surface area contributed by atoms with Crippen LogP contribution in [0.1, 0.15) is 61.9 Å². The number of anilines is 2. The summed E-state index contributed by atoms with van der Waals surface area (Å²) in [6.45, 7) is 4.81. The van der Waals surface area contributed by atoms with Crippen LogP contribution < -0.4 is 10.6 Å². The van der Waals surface area contributed by atoms with Gasteiger partial charge in [-0.1, -0.05) is 25.8 Å². The molecule has 0 aromatic carbocycles. The summed E-state index contributed by atoms with van der Waals surface area (Å²) in [7, 11) is 0. The van der Waals surface area contributed by atoms with E-state index in [4.69, 9.17) is 4.98 Å². The van der Waals surface area contributed by atoms with E-state index in [1.54, 1.807) is 11.3 Å². The fourth-order valence-corrected chi connectivity index (χ4v) is 5.18. The van der Waals surface area contributed by atoms with E-state index in [9.17, 15) is 4.79 Å². The first-order valence-corrected chi connectivity index (χ1v) is 11.8. The van der Waals surface area contributed by atoms with E-state index in [1.807, 2.05) is 17.2 Å². The lowest BCUT2D eigenvalue weighted by atomic mass is 9.92. The van der Waals surface area contributed by atoms with Crippen LogP contribution in [0.25, 0.3) is 0 Å². The second-order valence-corrected chi connectivity index (χ2v) is 9.17. The van der Waals surface area contributed by atoms with Crippen molar-refractivity contribution in [3.63, 3.8) is 0 Å². The SMILES string of the molecule is CCCc1cnc(Nc2cccc(C3CCN(C(=O)[C@@H]4CCCCN4)CC3)n2)s1. The first kappa shape index (κ1) is 20.3. The molecule has 2 aliphatic heterocycles. The molecule has 0 radical (unpaired) electrons. The van der Waals surface area contributed by atoms with Crippen molar-refractivity contribution < 1.29 is 4.79 Å². The molecule has 156 valence electrons. The summed E-state index contributed by atoms with van der Waals surface area (Å²) in [4.78, 5) is 25.4. The fraction of sp³-hybridized carbons (Fsp3) is 0.591. The summed E-state index contributed by atoms with van der Waals surface area (Å²) in [5, 5.41) is 7.64. The highest BCUT2D eigenvalue weighted by Gasteiger charge is 2.29. The molecule has 1 atom stereocenters. The Bertz CT molecular complexity index is 809. The van der Waals surface area contributed by atoms with Gasteiger partial charge in [0.2, 0.25) is 5.91 Å². The van der Waals surface area contributed by atoms with Gasteiger partial charge in [0.1, 0.15) is 5.82 Å². The van der Waals surface area contributed by atoms with E-state index in [0.717, 1.165) is 74.8 Å². The number of hydrogen-bond donors (Lipinski definition) is 2. The monoisotopic (exact) mass is 413 g/mol. The second-order valence-electron chi connectivity index (χ2n) is 8.06. The lowest BCUT2D eigenvalue weighted by molar-refractivity contribution is -0.135. The molecule has 2 aliphatic rings. The Morgan fingerprint density at radius 2 is 2.14 bits per heavy atom. The average Bonchev–Trinajstić information content (AvgIpc) is 3.21. The van der Waals surface area contributed by atoms with Crippen LogP contribution >= 0.6 is 11.3 Å². The van der Waals surface area contributed by atoms with Gasteiger partial charge in [-0.15, -0.1) is 11.3 Å². The summed E-state index contributed by atoms with van der Waals surface area (Å²) in [5.74, 6) is 1.55. The molecule has 6 nitrogen and oxygen atoms in total. The molecule has 7 heteroatoms. The summed E-state index contributed by atoms with van der Waals surface area (Å²) < 4.78 is 0. The first-order chi connectivity index (χ1) is 14.2. The minimum atomic E-state index is 0.0295. The predicted molar refractivity (Wildman–Crippen MR) is 118 cm³/mol. The minimum Gasteiger partial charge on any atom is -0.341 e. The van der Waals surface area contributed by atoms with Gasteiger partial charge >= 0.3 is 0 Å². The topological polar surface area (TPSA) is 70.2 Å². The van der Waals surface area contributed by atoms with E-state index < -0.39 is 0 Å².